The minimum Gasteiger partial charge on any atom is -0.326 e. The van der Waals surface area contributed by atoms with Crippen LogP contribution in [0.25, 0.3) is 22.2 Å². The van der Waals surface area contributed by atoms with Crippen molar-refractivity contribution in [3.05, 3.63) is 60.9 Å². The van der Waals surface area contributed by atoms with Crippen LogP contribution in [-0.2, 0) is 21.4 Å². The molecule has 14 heteroatoms. The number of carbonyl (C=O) groups excluding carboxylic acids is 1. The van der Waals surface area contributed by atoms with Gasteiger partial charge in [-0.25, -0.2) is 18.2 Å². The molecule has 0 bridgehead atoms. The molecule has 0 spiro atoms. The number of halogens is 3. The third-order valence-electron chi connectivity index (χ3n) is 5.82. The van der Waals surface area contributed by atoms with Crippen molar-refractivity contribution in [2.24, 2.45) is 0 Å². The lowest BCUT2D eigenvalue weighted by Gasteiger charge is -2.15. The molecule has 3 aromatic heterocycles. The van der Waals surface area contributed by atoms with E-state index in [-0.39, 0.29) is 22.8 Å². The number of pyridine rings is 1. The van der Waals surface area contributed by atoms with E-state index in [1.54, 1.807) is 24.3 Å². The Bertz CT molecular complexity index is 1510. The first-order valence-electron chi connectivity index (χ1n) is 10.9. The number of benzene rings is 1. The van der Waals surface area contributed by atoms with E-state index in [1.165, 1.54) is 39.9 Å². The van der Waals surface area contributed by atoms with Crippen molar-refractivity contribution in [1.29, 1.82) is 0 Å². The molecular formula is C22H19F3N6O4S. The zero-order valence-corrected chi connectivity index (χ0v) is 19.4. The zero-order chi connectivity index (χ0) is 25.5. The highest BCUT2D eigenvalue weighted by molar-refractivity contribution is 7.89. The molecular weight excluding hydrogens is 501 g/mol. The molecule has 5 rings (SSSR count). The van der Waals surface area contributed by atoms with Crippen LogP contribution >= 0.6 is 0 Å². The molecule has 0 unspecified atom stereocenters. The maximum Gasteiger partial charge on any atom is 0.493 e. The van der Waals surface area contributed by atoms with Gasteiger partial charge in [0, 0.05) is 24.7 Å². The van der Waals surface area contributed by atoms with Crippen LogP contribution in [0.5, 0.6) is 0 Å². The van der Waals surface area contributed by atoms with Crippen molar-refractivity contribution < 1.29 is 31.2 Å². The van der Waals surface area contributed by atoms with E-state index in [1.807, 2.05) is 0 Å². The Morgan fingerprint density at radius 1 is 1.03 bits per heavy atom. The van der Waals surface area contributed by atoms with Crippen molar-refractivity contribution >= 4 is 27.0 Å². The van der Waals surface area contributed by atoms with Crippen LogP contribution in [0.1, 0.15) is 18.5 Å². The number of hydrogen-bond acceptors (Lipinski definition) is 7. The molecule has 1 saturated heterocycles. The van der Waals surface area contributed by atoms with Crippen molar-refractivity contribution in [3.8, 4) is 11.1 Å². The molecule has 1 aliphatic heterocycles. The summed E-state index contributed by atoms with van der Waals surface area (Å²) in [5.41, 5.74) is 1.35. The molecule has 0 saturated carbocycles. The average molecular weight is 520 g/mol. The van der Waals surface area contributed by atoms with Gasteiger partial charge in [-0.15, -0.1) is 10.2 Å². The number of nitrogens with zero attached hydrogens (tertiary/aromatic N) is 6. The van der Waals surface area contributed by atoms with E-state index in [0.717, 1.165) is 17.6 Å². The number of carbonyl (C=O) groups is 1. The van der Waals surface area contributed by atoms with Crippen molar-refractivity contribution in [1.82, 2.24) is 28.8 Å². The fraction of sp³-hybridized carbons (Fsp3) is 0.273. The Morgan fingerprint density at radius 3 is 2.33 bits per heavy atom. The van der Waals surface area contributed by atoms with Gasteiger partial charge in [0.05, 0.1) is 17.1 Å². The lowest BCUT2D eigenvalue weighted by Crippen LogP contribution is -2.34. The lowest BCUT2D eigenvalue weighted by molar-refractivity contribution is -0.199. The van der Waals surface area contributed by atoms with E-state index in [0.29, 0.717) is 29.6 Å². The van der Waals surface area contributed by atoms with Crippen LogP contribution in [0, 0.1) is 0 Å². The molecule has 0 aliphatic carbocycles. The molecule has 0 atom stereocenters. The van der Waals surface area contributed by atoms with Gasteiger partial charge in [-0.05, 0) is 48.2 Å². The summed E-state index contributed by atoms with van der Waals surface area (Å²) in [6, 6.07) is 9.43. The second-order valence-corrected chi connectivity index (χ2v) is 10.1. The number of fused-ring (bicyclic) bond motifs is 1. The summed E-state index contributed by atoms with van der Waals surface area (Å²) in [4.78, 5) is 20.6. The van der Waals surface area contributed by atoms with Gasteiger partial charge in [0.25, 0.3) is 0 Å². The van der Waals surface area contributed by atoms with Crippen molar-refractivity contribution in [2.75, 3.05) is 13.1 Å². The third-order valence-corrected chi connectivity index (χ3v) is 7.73. The second-order valence-electron chi connectivity index (χ2n) is 8.17. The Kier molecular flexibility index (Phi) is 6.00. The van der Waals surface area contributed by atoms with Gasteiger partial charge in [0.2, 0.25) is 10.0 Å². The quantitative estimate of drug-likeness (QED) is 0.384. The monoisotopic (exact) mass is 520 g/mol. The Morgan fingerprint density at radius 2 is 1.69 bits per heavy atom. The molecule has 0 radical (unpaired) electrons. The number of sulfonamides is 1. The number of alkyl halides is 3. The largest absolute Gasteiger partial charge is 0.493 e. The highest BCUT2D eigenvalue weighted by Crippen LogP contribution is 2.32. The molecule has 0 N–H and O–H groups in total. The smallest absolute Gasteiger partial charge is 0.326 e. The molecule has 188 valence electrons. The maximum atomic E-state index is 13.0. The summed E-state index contributed by atoms with van der Waals surface area (Å²) in [6.07, 6.45) is 0.522. The number of hydrogen-bond donors (Lipinski definition) is 0. The zero-order valence-electron chi connectivity index (χ0n) is 18.6. The fourth-order valence-electron chi connectivity index (χ4n) is 4.10. The standard InChI is InChI=1S/C22H19F3N6O4S/c23-22(24,25)21(32)35-31-16(12-29-13-27-28-14-29)11-19-18(7-8-26-20(19)31)15-3-5-17(6-4-15)36(33,34)30-9-1-2-10-30/h3-8,11,13-14H,1-2,9-10,12H2. The number of rotatable bonds is 6. The second kappa shape index (κ2) is 9.02. The average Bonchev–Trinajstić information content (AvgIpc) is 3.61. The first-order valence-corrected chi connectivity index (χ1v) is 12.3. The SMILES string of the molecule is O=C(On1c(Cn2cnnc2)cc2c(-c3ccc(S(=O)(=O)N4CCCC4)cc3)ccnc21)C(F)(F)F. The van der Waals surface area contributed by atoms with Crippen LogP contribution < -0.4 is 4.84 Å². The van der Waals surface area contributed by atoms with Crippen LogP contribution in [-0.4, -0.2) is 62.4 Å². The predicted octanol–water partition coefficient (Wildman–Crippen LogP) is 2.65. The fourth-order valence-corrected chi connectivity index (χ4v) is 5.62. The minimum absolute atomic E-state index is 0.000946. The summed E-state index contributed by atoms with van der Waals surface area (Å²) in [6.45, 7) is 0.962. The summed E-state index contributed by atoms with van der Waals surface area (Å²) >= 11 is 0. The Balaban J connectivity index is 1.56. The first-order chi connectivity index (χ1) is 17.1. The highest BCUT2D eigenvalue weighted by Gasteiger charge is 2.42. The van der Waals surface area contributed by atoms with E-state index >= 15 is 0 Å². The molecule has 1 fully saturated rings. The van der Waals surface area contributed by atoms with Gasteiger partial charge in [-0.1, -0.05) is 12.1 Å². The first kappa shape index (κ1) is 23.9. The summed E-state index contributed by atoms with van der Waals surface area (Å²) in [5, 5.41) is 7.75. The van der Waals surface area contributed by atoms with E-state index in [2.05, 4.69) is 20.0 Å². The summed E-state index contributed by atoms with van der Waals surface area (Å²) < 4.78 is 68.2. The maximum absolute atomic E-state index is 13.0. The molecule has 1 aliphatic rings. The van der Waals surface area contributed by atoms with Crippen molar-refractivity contribution in [3.63, 3.8) is 0 Å². The van der Waals surface area contributed by atoms with Crippen LogP contribution in [0.4, 0.5) is 13.2 Å². The van der Waals surface area contributed by atoms with E-state index in [4.69, 9.17) is 0 Å². The van der Waals surface area contributed by atoms with Crippen molar-refractivity contribution in [2.45, 2.75) is 30.5 Å². The third kappa shape index (κ3) is 4.44. The van der Waals surface area contributed by atoms with E-state index in [9.17, 15) is 26.4 Å². The van der Waals surface area contributed by atoms with Gasteiger partial charge in [0.1, 0.15) is 12.7 Å². The van der Waals surface area contributed by atoms with Gasteiger partial charge in [-0.3, -0.25) is 0 Å². The highest BCUT2D eigenvalue weighted by atomic mass is 32.2. The topological polar surface area (TPSA) is 112 Å². The van der Waals surface area contributed by atoms with Gasteiger partial charge < -0.3 is 9.40 Å². The van der Waals surface area contributed by atoms with Crippen LogP contribution in [0.15, 0.2) is 60.1 Å². The number of aromatic nitrogens is 5. The van der Waals surface area contributed by atoms with Crippen LogP contribution in [0.3, 0.4) is 0 Å². The van der Waals surface area contributed by atoms with Gasteiger partial charge in [-0.2, -0.15) is 22.2 Å². The lowest BCUT2D eigenvalue weighted by atomic mass is 10.0. The Labute approximate surface area is 202 Å². The van der Waals surface area contributed by atoms with E-state index < -0.39 is 22.2 Å². The minimum atomic E-state index is -5.21. The Hall–Kier alpha value is -3.78. The molecule has 1 aromatic carbocycles. The summed E-state index contributed by atoms with van der Waals surface area (Å²) in [7, 11) is -3.60. The molecule has 4 heterocycles. The summed E-state index contributed by atoms with van der Waals surface area (Å²) in [5.74, 6) is -2.39. The molecule has 4 aromatic rings. The predicted molar refractivity (Wildman–Crippen MR) is 120 cm³/mol. The molecule has 36 heavy (non-hydrogen) atoms. The van der Waals surface area contributed by atoms with Crippen LogP contribution in [0.2, 0.25) is 0 Å². The molecule has 10 nitrogen and oxygen atoms in total. The normalized spacial score (nSPS) is 15.0. The van der Waals surface area contributed by atoms with Gasteiger partial charge >= 0.3 is 12.1 Å². The van der Waals surface area contributed by atoms with Gasteiger partial charge in [0.15, 0.2) is 5.65 Å². The molecule has 0 amide bonds.